The molecule has 0 saturated carbocycles. The minimum atomic E-state index is -0.786. The van der Waals surface area contributed by atoms with E-state index in [0.29, 0.717) is 12.0 Å². The summed E-state index contributed by atoms with van der Waals surface area (Å²) in [4.78, 5) is 4.23. The second-order valence-corrected chi connectivity index (χ2v) is 4.83. The van der Waals surface area contributed by atoms with E-state index in [9.17, 15) is 9.50 Å². The highest BCUT2D eigenvalue weighted by molar-refractivity contribution is 6.31. The second-order valence-electron chi connectivity index (χ2n) is 4.42. The summed E-state index contributed by atoms with van der Waals surface area (Å²) in [5.74, 6) is 0.392. The lowest BCUT2D eigenvalue weighted by molar-refractivity contribution is 0.174. The van der Waals surface area contributed by atoms with Crippen LogP contribution < -0.4 is 0 Å². The molecule has 2 aromatic rings. The summed E-state index contributed by atoms with van der Waals surface area (Å²) < 4.78 is 15.0. The fraction of sp³-hybridized carbons (Fsp3) is 0.357. The summed E-state index contributed by atoms with van der Waals surface area (Å²) in [6, 6.07) is 4.01. The van der Waals surface area contributed by atoms with Gasteiger partial charge >= 0.3 is 0 Å². The fourth-order valence-electron chi connectivity index (χ4n) is 2.03. The predicted octanol–water partition coefficient (Wildman–Crippen LogP) is 3.36. The van der Waals surface area contributed by atoms with Crippen molar-refractivity contribution in [2.24, 2.45) is 0 Å². The van der Waals surface area contributed by atoms with Gasteiger partial charge in [-0.25, -0.2) is 9.37 Å². The lowest BCUT2D eigenvalue weighted by atomic mass is 10.1. The molecule has 1 N–H and O–H groups in total. The van der Waals surface area contributed by atoms with E-state index in [1.165, 1.54) is 18.2 Å². The third kappa shape index (κ3) is 3.33. The van der Waals surface area contributed by atoms with Crippen molar-refractivity contribution in [3.63, 3.8) is 0 Å². The molecule has 5 heteroatoms. The number of aromatic nitrogens is 2. The lowest BCUT2D eigenvalue weighted by Gasteiger charge is -2.13. The van der Waals surface area contributed by atoms with Gasteiger partial charge in [-0.05, 0) is 24.1 Å². The van der Waals surface area contributed by atoms with E-state index >= 15 is 0 Å². The van der Waals surface area contributed by atoms with E-state index in [0.717, 1.165) is 18.8 Å². The molecular weight excluding hydrogens is 267 g/mol. The van der Waals surface area contributed by atoms with E-state index in [4.69, 9.17) is 11.6 Å². The molecule has 0 aliphatic carbocycles. The van der Waals surface area contributed by atoms with Gasteiger partial charge in [-0.3, -0.25) is 0 Å². The number of rotatable bonds is 5. The van der Waals surface area contributed by atoms with Crippen molar-refractivity contribution in [3.8, 4) is 0 Å². The normalized spacial score (nSPS) is 12.6. The van der Waals surface area contributed by atoms with Crippen molar-refractivity contribution in [1.82, 2.24) is 9.55 Å². The number of aliphatic hydroxyl groups is 1. The van der Waals surface area contributed by atoms with Crippen LogP contribution >= 0.6 is 11.6 Å². The number of imidazole rings is 1. The van der Waals surface area contributed by atoms with Crippen molar-refractivity contribution < 1.29 is 9.50 Å². The van der Waals surface area contributed by atoms with Crippen LogP contribution in [-0.2, 0) is 13.0 Å². The topological polar surface area (TPSA) is 38.0 Å². The van der Waals surface area contributed by atoms with Gasteiger partial charge in [-0.15, -0.1) is 0 Å². The quantitative estimate of drug-likeness (QED) is 0.913. The summed E-state index contributed by atoms with van der Waals surface area (Å²) >= 11 is 5.94. The van der Waals surface area contributed by atoms with E-state index in [1.807, 2.05) is 10.8 Å². The number of hydrogen-bond acceptors (Lipinski definition) is 2. The maximum absolute atomic E-state index is 13.0. The minimum Gasteiger partial charge on any atom is -0.388 e. The van der Waals surface area contributed by atoms with Crippen molar-refractivity contribution >= 4 is 11.6 Å². The molecule has 3 nitrogen and oxygen atoms in total. The monoisotopic (exact) mass is 282 g/mol. The van der Waals surface area contributed by atoms with Gasteiger partial charge in [-0.1, -0.05) is 24.6 Å². The average molecular weight is 283 g/mol. The zero-order valence-corrected chi connectivity index (χ0v) is 11.4. The predicted molar refractivity (Wildman–Crippen MR) is 72.6 cm³/mol. The van der Waals surface area contributed by atoms with Gasteiger partial charge in [0.05, 0.1) is 6.10 Å². The Morgan fingerprint density at radius 3 is 2.95 bits per heavy atom. The molecule has 1 aromatic carbocycles. The molecule has 0 spiro atoms. The van der Waals surface area contributed by atoms with Gasteiger partial charge in [0.25, 0.3) is 0 Å². The highest BCUT2D eigenvalue weighted by Gasteiger charge is 2.15. The van der Waals surface area contributed by atoms with Crippen molar-refractivity contribution in [2.75, 3.05) is 0 Å². The van der Waals surface area contributed by atoms with Gasteiger partial charge < -0.3 is 9.67 Å². The van der Waals surface area contributed by atoms with Crippen LogP contribution in [-0.4, -0.2) is 14.7 Å². The molecule has 1 unspecified atom stereocenters. The van der Waals surface area contributed by atoms with Crippen LogP contribution in [0.5, 0.6) is 0 Å². The van der Waals surface area contributed by atoms with Gasteiger partial charge in [0.15, 0.2) is 0 Å². The van der Waals surface area contributed by atoms with Crippen molar-refractivity contribution in [3.05, 3.63) is 52.8 Å². The van der Waals surface area contributed by atoms with Crippen molar-refractivity contribution in [1.29, 1.82) is 0 Å². The first-order chi connectivity index (χ1) is 9.11. The molecule has 1 heterocycles. The third-order valence-electron chi connectivity index (χ3n) is 2.96. The highest BCUT2D eigenvalue weighted by atomic mass is 35.5. The molecule has 0 radical (unpaired) electrons. The first-order valence-corrected chi connectivity index (χ1v) is 6.62. The Hall–Kier alpha value is -1.39. The number of nitrogens with zero attached hydrogens (tertiary/aromatic N) is 2. The van der Waals surface area contributed by atoms with Crippen LogP contribution in [0.15, 0.2) is 30.6 Å². The Morgan fingerprint density at radius 2 is 2.26 bits per heavy atom. The van der Waals surface area contributed by atoms with Gasteiger partial charge in [0.1, 0.15) is 11.6 Å². The zero-order chi connectivity index (χ0) is 13.8. The van der Waals surface area contributed by atoms with Crippen LogP contribution in [0.2, 0.25) is 5.02 Å². The fourth-order valence-corrected chi connectivity index (χ4v) is 2.32. The molecule has 19 heavy (non-hydrogen) atoms. The molecule has 0 fully saturated rings. The average Bonchev–Trinajstić information content (AvgIpc) is 2.77. The Balaban J connectivity index is 2.16. The largest absolute Gasteiger partial charge is 0.388 e. The van der Waals surface area contributed by atoms with Gasteiger partial charge in [0.2, 0.25) is 0 Å². The van der Waals surface area contributed by atoms with Crippen LogP contribution in [0.25, 0.3) is 0 Å². The summed E-state index contributed by atoms with van der Waals surface area (Å²) in [5.41, 5.74) is 0.522. The Labute approximate surface area is 116 Å². The summed E-state index contributed by atoms with van der Waals surface area (Å²) in [6.45, 7) is 2.94. The van der Waals surface area contributed by atoms with E-state index in [1.54, 1.807) is 6.20 Å². The highest BCUT2D eigenvalue weighted by Crippen LogP contribution is 2.26. The number of hydrogen-bond donors (Lipinski definition) is 1. The zero-order valence-electron chi connectivity index (χ0n) is 10.7. The van der Waals surface area contributed by atoms with E-state index < -0.39 is 11.9 Å². The molecule has 0 aliphatic heterocycles. The van der Waals surface area contributed by atoms with E-state index in [-0.39, 0.29) is 5.02 Å². The van der Waals surface area contributed by atoms with Crippen LogP contribution in [0.3, 0.4) is 0 Å². The summed E-state index contributed by atoms with van der Waals surface area (Å²) in [7, 11) is 0. The first-order valence-electron chi connectivity index (χ1n) is 6.24. The molecule has 1 atom stereocenters. The van der Waals surface area contributed by atoms with Gasteiger partial charge in [-0.2, -0.15) is 0 Å². The number of aryl methyl sites for hydroxylation is 1. The first kappa shape index (κ1) is 14.0. The molecule has 2 rings (SSSR count). The number of halogens is 2. The third-order valence-corrected chi connectivity index (χ3v) is 3.29. The molecule has 0 bridgehead atoms. The lowest BCUT2D eigenvalue weighted by Crippen LogP contribution is -2.09. The van der Waals surface area contributed by atoms with Gasteiger partial charge in [0, 0.05) is 30.4 Å². The van der Waals surface area contributed by atoms with E-state index in [2.05, 4.69) is 11.9 Å². The van der Waals surface area contributed by atoms with Crippen LogP contribution in [0, 0.1) is 5.82 Å². The Kier molecular flexibility index (Phi) is 4.56. The summed E-state index contributed by atoms with van der Waals surface area (Å²) in [6.07, 6.45) is 4.17. The Bertz CT molecular complexity index is 556. The van der Waals surface area contributed by atoms with Crippen LogP contribution in [0.4, 0.5) is 4.39 Å². The van der Waals surface area contributed by atoms with Crippen molar-refractivity contribution in [2.45, 2.75) is 32.4 Å². The molecular formula is C14H16ClFN2O. The molecule has 102 valence electrons. The SMILES string of the molecule is CCCn1ccnc1CC(O)c1ccc(F)cc1Cl. The molecule has 0 aliphatic rings. The van der Waals surface area contributed by atoms with Crippen LogP contribution in [0.1, 0.15) is 30.8 Å². The number of aliphatic hydroxyl groups excluding tert-OH is 1. The summed E-state index contributed by atoms with van der Waals surface area (Å²) in [5, 5.41) is 10.4. The molecule has 0 amide bonds. The number of benzene rings is 1. The smallest absolute Gasteiger partial charge is 0.124 e. The Morgan fingerprint density at radius 1 is 1.47 bits per heavy atom. The maximum atomic E-state index is 13.0. The molecule has 0 saturated heterocycles. The maximum Gasteiger partial charge on any atom is 0.124 e. The second kappa shape index (κ2) is 6.17. The standard InChI is InChI=1S/C14H16ClFN2O/c1-2-6-18-7-5-17-14(18)9-13(19)11-4-3-10(16)8-12(11)15/h3-5,7-8,13,19H,2,6,9H2,1H3. The molecule has 1 aromatic heterocycles. The minimum absolute atomic E-state index is 0.237.